The molecule has 0 radical (unpaired) electrons. The van der Waals surface area contributed by atoms with Gasteiger partial charge in [-0.25, -0.2) is 0 Å². The van der Waals surface area contributed by atoms with E-state index in [0.29, 0.717) is 18.8 Å². The van der Waals surface area contributed by atoms with E-state index in [0.717, 1.165) is 5.56 Å². The molecule has 0 fully saturated rings. The molecule has 0 aliphatic heterocycles. The molecule has 0 aliphatic carbocycles. The highest BCUT2D eigenvalue weighted by Crippen LogP contribution is 2.17. The zero-order valence-electron chi connectivity index (χ0n) is 9.85. The molecule has 0 heterocycles. The second-order valence-corrected chi connectivity index (χ2v) is 3.65. The molecule has 0 aliphatic rings. The van der Waals surface area contributed by atoms with Crippen LogP contribution in [0, 0.1) is 0 Å². The average Bonchev–Trinajstić information content (AvgIpc) is 2.34. The molecule has 5 nitrogen and oxygen atoms in total. The van der Waals surface area contributed by atoms with Crippen molar-refractivity contribution in [3.63, 3.8) is 0 Å². The van der Waals surface area contributed by atoms with Gasteiger partial charge in [0.15, 0.2) is 0 Å². The van der Waals surface area contributed by atoms with Gasteiger partial charge in [0.2, 0.25) is 5.91 Å². The molecule has 0 bridgehead atoms. The monoisotopic (exact) mass is 238 g/mol. The van der Waals surface area contributed by atoms with E-state index in [9.17, 15) is 4.79 Å². The fraction of sp³-hybridized carbons (Fsp3) is 0.417. The Labute approximate surface area is 101 Å². The summed E-state index contributed by atoms with van der Waals surface area (Å²) in [5, 5.41) is 11.9. The first-order valence-corrected chi connectivity index (χ1v) is 5.47. The summed E-state index contributed by atoms with van der Waals surface area (Å²) in [5.74, 6) is 0.237. The van der Waals surface area contributed by atoms with Gasteiger partial charge in [0.25, 0.3) is 0 Å². The summed E-state index contributed by atoms with van der Waals surface area (Å²) >= 11 is 0. The number of carbonyl (C=O) groups excluding carboxylic acids is 1. The van der Waals surface area contributed by atoms with Crippen LogP contribution in [0.15, 0.2) is 24.3 Å². The molecule has 1 amide bonds. The van der Waals surface area contributed by atoms with Crippen molar-refractivity contribution in [1.82, 2.24) is 5.32 Å². The van der Waals surface area contributed by atoms with Crippen LogP contribution in [0.25, 0.3) is 0 Å². The van der Waals surface area contributed by atoms with E-state index >= 15 is 0 Å². The second kappa shape index (κ2) is 6.88. The molecule has 1 aromatic carbocycles. The van der Waals surface area contributed by atoms with Crippen molar-refractivity contribution in [2.45, 2.75) is 19.1 Å². The lowest BCUT2D eigenvalue weighted by Gasteiger charge is -2.14. The fourth-order valence-corrected chi connectivity index (χ4v) is 1.49. The van der Waals surface area contributed by atoms with Gasteiger partial charge in [-0.15, -0.1) is 0 Å². The van der Waals surface area contributed by atoms with Crippen LogP contribution in [-0.4, -0.2) is 30.7 Å². The predicted molar refractivity (Wildman–Crippen MR) is 64.5 cm³/mol. The number of hydrogen-bond donors (Lipinski definition) is 3. The first-order valence-electron chi connectivity index (χ1n) is 5.47. The van der Waals surface area contributed by atoms with Gasteiger partial charge < -0.3 is 20.9 Å². The van der Waals surface area contributed by atoms with Crippen LogP contribution >= 0.6 is 0 Å². The Morgan fingerprint density at radius 2 is 2.24 bits per heavy atom. The number of rotatable bonds is 7. The van der Waals surface area contributed by atoms with Crippen molar-refractivity contribution >= 4 is 5.91 Å². The Balaban J connectivity index is 2.47. The van der Waals surface area contributed by atoms with Crippen LogP contribution < -0.4 is 15.8 Å². The number of nitrogens with one attached hydrogen (secondary N) is 1. The number of primary amides is 1. The Morgan fingerprint density at radius 3 is 2.82 bits per heavy atom. The number of nitrogens with two attached hydrogens (primary N) is 1. The van der Waals surface area contributed by atoms with E-state index in [4.69, 9.17) is 15.6 Å². The number of aliphatic hydroxyl groups is 1. The molecule has 94 valence electrons. The SMILES string of the molecule is CNC(CCOc1ccccc1CO)C(N)=O. The van der Waals surface area contributed by atoms with Crippen LogP contribution in [0.2, 0.25) is 0 Å². The standard InChI is InChI=1S/C12H18N2O3/c1-14-10(12(13)16)6-7-17-11-5-3-2-4-9(11)8-15/h2-5,10,14-15H,6-8H2,1H3,(H2,13,16). The summed E-state index contributed by atoms with van der Waals surface area (Å²) < 4.78 is 5.50. The van der Waals surface area contributed by atoms with Crippen LogP contribution in [0.4, 0.5) is 0 Å². The number of benzene rings is 1. The number of carbonyl (C=O) groups is 1. The average molecular weight is 238 g/mol. The molecular weight excluding hydrogens is 220 g/mol. The molecule has 0 saturated carbocycles. The summed E-state index contributed by atoms with van der Waals surface area (Å²) in [6.07, 6.45) is 0.492. The van der Waals surface area contributed by atoms with Crippen molar-refractivity contribution in [3.05, 3.63) is 29.8 Å². The van der Waals surface area contributed by atoms with Gasteiger partial charge in [0.1, 0.15) is 5.75 Å². The molecule has 0 spiro atoms. The lowest BCUT2D eigenvalue weighted by Crippen LogP contribution is -2.40. The van der Waals surface area contributed by atoms with E-state index in [-0.39, 0.29) is 6.61 Å². The van der Waals surface area contributed by atoms with Crippen molar-refractivity contribution < 1.29 is 14.6 Å². The first-order chi connectivity index (χ1) is 8.19. The molecule has 0 saturated heterocycles. The number of aliphatic hydroxyl groups excluding tert-OH is 1. The third-order valence-electron chi connectivity index (χ3n) is 2.50. The third-order valence-corrected chi connectivity index (χ3v) is 2.50. The van der Waals surface area contributed by atoms with Crippen LogP contribution in [-0.2, 0) is 11.4 Å². The van der Waals surface area contributed by atoms with Gasteiger partial charge in [-0.05, 0) is 13.1 Å². The lowest BCUT2D eigenvalue weighted by atomic mass is 10.2. The second-order valence-electron chi connectivity index (χ2n) is 3.65. The molecule has 1 aromatic rings. The van der Waals surface area contributed by atoms with E-state index < -0.39 is 11.9 Å². The van der Waals surface area contributed by atoms with Gasteiger partial charge >= 0.3 is 0 Å². The minimum absolute atomic E-state index is 0.0680. The van der Waals surface area contributed by atoms with Crippen molar-refractivity contribution in [1.29, 1.82) is 0 Å². The smallest absolute Gasteiger partial charge is 0.234 e. The lowest BCUT2D eigenvalue weighted by molar-refractivity contribution is -0.120. The highest BCUT2D eigenvalue weighted by Gasteiger charge is 2.12. The summed E-state index contributed by atoms with van der Waals surface area (Å²) in [7, 11) is 1.68. The third kappa shape index (κ3) is 4.05. The first kappa shape index (κ1) is 13.5. The van der Waals surface area contributed by atoms with Crippen molar-refractivity contribution in [2.24, 2.45) is 5.73 Å². The van der Waals surface area contributed by atoms with Gasteiger partial charge in [-0.1, -0.05) is 18.2 Å². The zero-order chi connectivity index (χ0) is 12.7. The molecule has 5 heteroatoms. The number of amides is 1. The Morgan fingerprint density at radius 1 is 1.53 bits per heavy atom. The maximum absolute atomic E-state index is 11.0. The van der Waals surface area contributed by atoms with Crippen molar-refractivity contribution in [3.8, 4) is 5.75 Å². The summed E-state index contributed by atoms with van der Waals surface area (Å²) in [4.78, 5) is 11.0. The molecule has 1 unspecified atom stereocenters. The summed E-state index contributed by atoms with van der Waals surface area (Å²) in [5.41, 5.74) is 5.92. The Bertz CT molecular complexity index is 369. The molecule has 1 atom stereocenters. The van der Waals surface area contributed by atoms with E-state index in [1.807, 2.05) is 12.1 Å². The molecule has 4 N–H and O–H groups in total. The zero-order valence-corrected chi connectivity index (χ0v) is 9.85. The summed E-state index contributed by atoms with van der Waals surface area (Å²) in [6, 6.07) is 6.84. The quantitative estimate of drug-likeness (QED) is 0.625. The van der Waals surface area contributed by atoms with Crippen molar-refractivity contribution in [2.75, 3.05) is 13.7 Å². The highest BCUT2D eigenvalue weighted by molar-refractivity contribution is 5.79. The molecule has 1 rings (SSSR count). The minimum Gasteiger partial charge on any atom is -0.493 e. The van der Waals surface area contributed by atoms with Gasteiger partial charge in [0, 0.05) is 12.0 Å². The number of hydrogen-bond acceptors (Lipinski definition) is 4. The predicted octanol–water partition coefficient (Wildman–Crippen LogP) is 0.0211. The van der Waals surface area contributed by atoms with E-state index in [1.54, 1.807) is 19.2 Å². The van der Waals surface area contributed by atoms with Gasteiger partial charge in [-0.2, -0.15) is 0 Å². The largest absolute Gasteiger partial charge is 0.493 e. The number of ether oxygens (including phenoxy) is 1. The molecule has 17 heavy (non-hydrogen) atoms. The number of para-hydroxylation sites is 1. The van der Waals surface area contributed by atoms with Crippen LogP contribution in [0.5, 0.6) is 5.75 Å². The minimum atomic E-state index is -0.397. The van der Waals surface area contributed by atoms with E-state index in [1.165, 1.54) is 0 Å². The van der Waals surface area contributed by atoms with Gasteiger partial charge in [0.05, 0.1) is 19.3 Å². The fourth-order valence-electron chi connectivity index (χ4n) is 1.49. The van der Waals surface area contributed by atoms with Crippen LogP contribution in [0.1, 0.15) is 12.0 Å². The highest BCUT2D eigenvalue weighted by atomic mass is 16.5. The normalized spacial score (nSPS) is 12.1. The Hall–Kier alpha value is -1.59. The van der Waals surface area contributed by atoms with Gasteiger partial charge in [-0.3, -0.25) is 4.79 Å². The topological polar surface area (TPSA) is 84.6 Å². The maximum Gasteiger partial charge on any atom is 0.234 e. The Kier molecular flexibility index (Phi) is 5.45. The van der Waals surface area contributed by atoms with E-state index in [2.05, 4.69) is 5.32 Å². The van der Waals surface area contributed by atoms with Crippen LogP contribution in [0.3, 0.4) is 0 Å². The maximum atomic E-state index is 11.0. The number of likely N-dealkylation sites (N-methyl/N-ethyl adjacent to an activating group) is 1. The summed E-state index contributed by atoms with van der Waals surface area (Å²) in [6.45, 7) is 0.299. The molecular formula is C12H18N2O3. The molecule has 0 aromatic heterocycles.